The van der Waals surface area contributed by atoms with Crippen molar-refractivity contribution in [3.8, 4) is 0 Å². The summed E-state index contributed by atoms with van der Waals surface area (Å²) >= 11 is 0. The predicted octanol–water partition coefficient (Wildman–Crippen LogP) is 2.33. The van der Waals surface area contributed by atoms with Crippen molar-refractivity contribution in [2.24, 2.45) is 0 Å². The van der Waals surface area contributed by atoms with Crippen LogP contribution < -0.4 is 10.6 Å². The lowest BCUT2D eigenvalue weighted by molar-refractivity contribution is 0.324. The van der Waals surface area contributed by atoms with Crippen LogP contribution in [0.4, 0.5) is 0 Å². The molecule has 1 unspecified atom stereocenters. The zero-order valence-corrected chi connectivity index (χ0v) is 10.8. The minimum Gasteiger partial charge on any atom is -0.469 e. The van der Waals surface area contributed by atoms with Gasteiger partial charge in [-0.2, -0.15) is 0 Å². The summed E-state index contributed by atoms with van der Waals surface area (Å²) in [5.74, 6) is 1.07. The van der Waals surface area contributed by atoms with Crippen LogP contribution in [0.1, 0.15) is 38.4 Å². The van der Waals surface area contributed by atoms with Crippen molar-refractivity contribution in [2.75, 3.05) is 19.6 Å². The lowest BCUT2D eigenvalue weighted by atomic mass is 9.92. The van der Waals surface area contributed by atoms with Gasteiger partial charge in [0.15, 0.2) is 0 Å². The second-order valence-corrected chi connectivity index (χ2v) is 5.07. The fourth-order valence-electron chi connectivity index (χ4n) is 2.79. The molecule has 0 aromatic carbocycles. The van der Waals surface area contributed by atoms with E-state index in [4.69, 9.17) is 4.42 Å². The lowest BCUT2D eigenvalue weighted by Gasteiger charge is -2.29. The fourth-order valence-corrected chi connectivity index (χ4v) is 2.79. The van der Waals surface area contributed by atoms with Crippen LogP contribution in [0.25, 0.3) is 0 Å². The van der Waals surface area contributed by atoms with Gasteiger partial charge in [-0.3, -0.25) is 0 Å². The summed E-state index contributed by atoms with van der Waals surface area (Å²) in [7, 11) is 0. The molecule has 3 nitrogen and oxygen atoms in total. The van der Waals surface area contributed by atoms with E-state index in [9.17, 15) is 0 Å². The normalized spacial score (nSPS) is 24.3. The van der Waals surface area contributed by atoms with Crippen LogP contribution in [0.3, 0.4) is 0 Å². The molecule has 0 spiro atoms. The van der Waals surface area contributed by atoms with Crippen molar-refractivity contribution in [1.82, 2.24) is 10.6 Å². The van der Waals surface area contributed by atoms with Crippen LogP contribution >= 0.6 is 0 Å². The number of hydrogen-bond acceptors (Lipinski definition) is 3. The molecule has 0 aliphatic carbocycles. The van der Waals surface area contributed by atoms with Crippen LogP contribution in [0.5, 0.6) is 0 Å². The Morgan fingerprint density at radius 2 is 2.47 bits per heavy atom. The monoisotopic (exact) mass is 236 g/mol. The van der Waals surface area contributed by atoms with Gasteiger partial charge in [0.1, 0.15) is 5.76 Å². The summed E-state index contributed by atoms with van der Waals surface area (Å²) in [5, 5.41) is 7.25. The van der Waals surface area contributed by atoms with Gasteiger partial charge < -0.3 is 15.1 Å². The van der Waals surface area contributed by atoms with E-state index in [2.05, 4.69) is 17.6 Å². The first-order valence-corrected chi connectivity index (χ1v) is 6.83. The van der Waals surface area contributed by atoms with Crippen molar-refractivity contribution in [1.29, 1.82) is 0 Å². The van der Waals surface area contributed by atoms with Gasteiger partial charge >= 0.3 is 0 Å². The third-order valence-electron chi connectivity index (χ3n) is 3.65. The van der Waals surface area contributed by atoms with E-state index in [0.717, 1.165) is 25.3 Å². The highest BCUT2D eigenvalue weighted by Crippen LogP contribution is 2.23. The van der Waals surface area contributed by atoms with E-state index in [-0.39, 0.29) is 0 Å². The molecule has 0 amide bonds. The summed E-state index contributed by atoms with van der Waals surface area (Å²) in [6.07, 6.45) is 7.89. The predicted molar refractivity (Wildman–Crippen MR) is 70.2 cm³/mol. The summed E-state index contributed by atoms with van der Waals surface area (Å²) in [6.45, 7) is 5.53. The van der Waals surface area contributed by atoms with Crippen LogP contribution in [0.2, 0.25) is 0 Å². The summed E-state index contributed by atoms with van der Waals surface area (Å²) < 4.78 is 5.32. The van der Waals surface area contributed by atoms with Crippen LogP contribution in [0, 0.1) is 0 Å². The fraction of sp³-hybridized carbons (Fsp3) is 0.714. The topological polar surface area (TPSA) is 37.2 Å². The Morgan fingerprint density at radius 3 is 3.12 bits per heavy atom. The Bertz CT molecular complexity index is 302. The highest BCUT2D eigenvalue weighted by molar-refractivity contribution is 4.99. The second kappa shape index (κ2) is 6.22. The summed E-state index contributed by atoms with van der Waals surface area (Å²) in [5.41, 5.74) is 0.359. The Labute approximate surface area is 104 Å². The molecular formula is C14H24N2O. The maximum atomic E-state index is 5.32. The molecule has 0 saturated carbocycles. The highest BCUT2D eigenvalue weighted by atomic mass is 16.3. The molecule has 2 rings (SSSR count). The van der Waals surface area contributed by atoms with Gasteiger partial charge in [-0.15, -0.1) is 0 Å². The van der Waals surface area contributed by atoms with Gasteiger partial charge in [-0.1, -0.05) is 13.3 Å². The molecule has 1 saturated heterocycles. The first-order chi connectivity index (χ1) is 8.35. The Morgan fingerprint density at radius 1 is 1.53 bits per heavy atom. The summed E-state index contributed by atoms with van der Waals surface area (Å²) in [6, 6.07) is 3.99. The third-order valence-corrected chi connectivity index (χ3v) is 3.65. The quantitative estimate of drug-likeness (QED) is 0.714. The van der Waals surface area contributed by atoms with Crippen LogP contribution in [0.15, 0.2) is 22.8 Å². The Balaban J connectivity index is 1.69. The maximum absolute atomic E-state index is 5.32. The molecule has 2 heterocycles. The number of furan rings is 1. The van der Waals surface area contributed by atoms with Gasteiger partial charge in [0.25, 0.3) is 0 Å². The van der Waals surface area contributed by atoms with Crippen LogP contribution in [-0.2, 0) is 6.42 Å². The Kier molecular flexibility index (Phi) is 4.63. The standard InChI is InChI=1S/C14H24N2O/c1-2-7-14(8-4-9-16-14)12-15-10-6-13-5-3-11-17-13/h3,5,11,15-16H,2,4,6-10,12H2,1H3. The van der Waals surface area contributed by atoms with E-state index in [0.29, 0.717) is 5.54 Å². The first kappa shape index (κ1) is 12.7. The molecule has 1 fully saturated rings. The van der Waals surface area contributed by atoms with Crippen molar-refractivity contribution in [3.63, 3.8) is 0 Å². The molecule has 96 valence electrons. The second-order valence-electron chi connectivity index (χ2n) is 5.07. The molecule has 1 aromatic heterocycles. The minimum atomic E-state index is 0.359. The Hall–Kier alpha value is -0.800. The van der Waals surface area contributed by atoms with E-state index < -0.39 is 0 Å². The zero-order valence-electron chi connectivity index (χ0n) is 10.8. The molecule has 17 heavy (non-hydrogen) atoms. The molecule has 1 aromatic rings. The van der Waals surface area contributed by atoms with Gasteiger partial charge in [0, 0.05) is 25.0 Å². The van der Waals surface area contributed by atoms with Gasteiger partial charge in [-0.05, 0) is 37.9 Å². The zero-order chi connectivity index (χ0) is 12.0. The first-order valence-electron chi connectivity index (χ1n) is 6.83. The van der Waals surface area contributed by atoms with Gasteiger partial charge in [-0.25, -0.2) is 0 Å². The summed E-state index contributed by atoms with van der Waals surface area (Å²) in [4.78, 5) is 0. The van der Waals surface area contributed by atoms with Crippen LogP contribution in [-0.4, -0.2) is 25.2 Å². The largest absolute Gasteiger partial charge is 0.469 e. The number of nitrogens with one attached hydrogen (secondary N) is 2. The van der Waals surface area contributed by atoms with Gasteiger partial charge in [0.05, 0.1) is 6.26 Å². The highest BCUT2D eigenvalue weighted by Gasteiger charge is 2.31. The van der Waals surface area contributed by atoms with Gasteiger partial charge in [0.2, 0.25) is 0 Å². The van der Waals surface area contributed by atoms with E-state index in [1.807, 2.05) is 12.1 Å². The molecule has 1 aliphatic rings. The molecule has 1 aliphatic heterocycles. The van der Waals surface area contributed by atoms with Crippen molar-refractivity contribution in [3.05, 3.63) is 24.2 Å². The van der Waals surface area contributed by atoms with Crippen molar-refractivity contribution in [2.45, 2.75) is 44.6 Å². The van der Waals surface area contributed by atoms with E-state index in [1.165, 1.54) is 32.2 Å². The SMILES string of the molecule is CCCC1(CNCCc2ccco2)CCCN1. The van der Waals surface area contributed by atoms with E-state index in [1.54, 1.807) is 6.26 Å². The minimum absolute atomic E-state index is 0.359. The average molecular weight is 236 g/mol. The molecule has 2 N–H and O–H groups in total. The molecule has 3 heteroatoms. The number of hydrogen-bond donors (Lipinski definition) is 2. The number of rotatable bonds is 7. The average Bonchev–Trinajstić information content (AvgIpc) is 2.97. The van der Waals surface area contributed by atoms with E-state index >= 15 is 0 Å². The molecule has 1 atom stereocenters. The molecule has 0 bridgehead atoms. The van der Waals surface area contributed by atoms with Crippen molar-refractivity contribution >= 4 is 0 Å². The third kappa shape index (κ3) is 3.58. The van der Waals surface area contributed by atoms with Crippen molar-refractivity contribution < 1.29 is 4.42 Å². The maximum Gasteiger partial charge on any atom is 0.105 e. The molecular weight excluding hydrogens is 212 g/mol. The smallest absolute Gasteiger partial charge is 0.105 e. The lowest BCUT2D eigenvalue weighted by Crippen LogP contribution is -2.48. The molecule has 0 radical (unpaired) electrons.